The van der Waals surface area contributed by atoms with Crippen LogP contribution in [0.15, 0.2) is 12.1 Å². The van der Waals surface area contributed by atoms with Gasteiger partial charge in [0.2, 0.25) is 0 Å². The molecular formula is C10H14N2O4. The van der Waals surface area contributed by atoms with Gasteiger partial charge in [0.1, 0.15) is 5.69 Å². The lowest BCUT2D eigenvalue weighted by Crippen LogP contribution is -2.43. The molecule has 16 heavy (non-hydrogen) atoms. The molecule has 0 saturated heterocycles. The van der Waals surface area contributed by atoms with Gasteiger partial charge in [-0.1, -0.05) is 0 Å². The van der Waals surface area contributed by atoms with Gasteiger partial charge in [-0.05, 0) is 19.1 Å². The van der Waals surface area contributed by atoms with Crippen LogP contribution in [0.4, 0.5) is 0 Å². The maximum Gasteiger partial charge on any atom is 0.328 e. The van der Waals surface area contributed by atoms with Crippen LogP contribution >= 0.6 is 0 Å². The zero-order chi connectivity index (χ0) is 12.3. The molecule has 0 aromatic carbocycles. The van der Waals surface area contributed by atoms with E-state index in [0.717, 1.165) is 5.69 Å². The number of hydrogen-bond donors (Lipinski definition) is 3. The number of rotatable bonds is 4. The summed E-state index contributed by atoms with van der Waals surface area (Å²) in [6.45, 7) is 1.20. The van der Waals surface area contributed by atoms with Gasteiger partial charge in [-0.3, -0.25) is 4.79 Å². The predicted molar refractivity (Wildman–Crippen MR) is 56.1 cm³/mol. The van der Waals surface area contributed by atoms with Crippen molar-refractivity contribution >= 4 is 11.9 Å². The van der Waals surface area contributed by atoms with Crippen molar-refractivity contribution in [2.24, 2.45) is 7.05 Å². The number of nitrogens with one attached hydrogen (secondary N) is 1. The number of carbonyl (C=O) groups is 2. The Morgan fingerprint density at radius 3 is 2.50 bits per heavy atom. The highest BCUT2D eigenvalue weighted by Gasteiger charge is 2.20. The molecule has 1 rings (SSSR count). The number of carboxylic acids is 1. The second kappa shape index (κ2) is 4.80. The molecule has 0 aliphatic rings. The lowest BCUT2D eigenvalue weighted by Gasteiger charge is -2.12. The van der Waals surface area contributed by atoms with E-state index in [0.29, 0.717) is 5.69 Å². The van der Waals surface area contributed by atoms with E-state index in [9.17, 15) is 9.59 Å². The first-order valence-electron chi connectivity index (χ1n) is 4.74. The van der Waals surface area contributed by atoms with E-state index >= 15 is 0 Å². The minimum absolute atomic E-state index is 0.359. The smallest absolute Gasteiger partial charge is 0.328 e. The summed E-state index contributed by atoms with van der Waals surface area (Å²) in [5, 5.41) is 19.7. The number of nitrogens with zero attached hydrogens (tertiary/aromatic N) is 1. The van der Waals surface area contributed by atoms with Crippen LogP contribution in [-0.4, -0.2) is 39.3 Å². The Morgan fingerprint density at radius 1 is 1.50 bits per heavy atom. The number of aliphatic hydroxyl groups excluding tert-OH is 1. The van der Waals surface area contributed by atoms with Crippen molar-refractivity contribution in [3.05, 3.63) is 23.5 Å². The number of hydrogen-bond acceptors (Lipinski definition) is 3. The van der Waals surface area contributed by atoms with E-state index in [-0.39, 0.29) is 0 Å². The van der Waals surface area contributed by atoms with Crippen LogP contribution in [-0.2, 0) is 11.8 Å². The highest BCUT2D eigenvalue weighted by molar-refractivity contribution is 5.95. The van der Waals surface area contributed by atoms with Crippen LogP contribution in [0.3, 0.4) is 0 Å². The molecule has 1 aromatic rings. The predicted octanol–water partition coefficient (Wildman–Crippen LogP) is -0.491. The zero-order valence-corrected chi connectivity index (χ0v) is 9.10. The van der Waals surface area contributed by atoms with Gasteiger partial charge in [-0.25, -0.2) is 4.79 Å². The van der Waals surface area contributed by atoms with E-state index in [2.05, 4.69) is 5.32 Å². The summed E-state index contributed by atoms with van der Waals surface area (Å²) in [6, 6.07) is 2.08. The first-order valence-corrected chi connectivity index (χ1v) is 4.74. The fourth-order valence-corrected chi connectivity index (χ4v) is 1.26. The molecule has 0 spiro atoms. The molecule has 0 unspecified atom stereocenters. The number of carboxylic acid groups (broad SMARTS) is 1. The normalized spacial score (nSPS) is 12.2. The Hall–Kier alpha value is -1.82. The van der Waals surface area contributed by atoms with Crippen LogP contribution < -0.4 is 5.32 Å². The van der Waals surface area contributed by atoms with Crippen LogP contribution in [0.5, 0.6) is 0 Å². The number of aromatic nitrogens is 1. The van der Waals surface area contributed by atoms with Gasteiger partial charge in [0, 0.05) is 12.7 Å². The summed E-state index contributed by atoms with van der Waals surface area (Å²) in [7, 11) is 1.71. The lowest BCUT2D eigenvalue weighted by molar-refractivity contribution is -0.140. The number of carbonyl (C=O) groups excluding carboxylic acids is 1. The van der Waals surface area contributed by atoms with Crippen molar-refractivity contribution in [3.8, 4) is 0 Å². The molecular weight excluding hydrogens is 212 g/mol. The van der Waals surface area contributed by atoms with E-state index in [4.69, 9.17) is 10.2 Å². The van der Waals surface area contributed by atoms with Crippen molar-refractivity contribution in [2.45, 2.75) is 13.0 Å². The Balaban J connectivity index is 2.80. The van der Waals surface area contributed by atoms with Gasteiger partial charge in [0.25, 0.3) is 5.91 Å². The summed E-state index contributed by atoms with van der Waals surface area (Å²) < 4.78 is 1.64. The molecule has 88 valence electrons. The molecule has 1 heterocycles. The van der Waals surface area contributed by atoms with E-state index < -0.39 is 24.5 Å². The molecule has 1 atom stereocenters. The quantitative estimate of drug-likeness (QED) is 0.646. The second-order valence-corrected chi connectivity index (χ2v) is 3.47. The fourth-order valence-electron chi connectivity index (χ4n) is 1.26. The van der Waals surface area contributed by atoms with Gasteiger partial charge < -0.3 is 20.1 Å². The summed E-state index contributed by atoms with van der Waals surface area (Å²) >= 11 is 0. The molecule has 0 saturated carbocycles. The summed E-state index contributed by atoms with van der Waals surface area (Å²) in [5.41, 5.74) is 1.25. The van der Waals surface area contributed by atoms with Crippen molar-refractivity contribution in [1.29, 1.82) is 0 Å². The summed E-state index contributed by atoms with van der Waals surface area (Å²) in [6.07, 6.45) is 0. The van der Waals surface area contributed by atoms with E-state index in [1.807, 2.05) is 6.92 Å². The molecule has 1 amide bonds. The van der Waals surface area contributed by atoms with E-state index in [1.54, 1.807) is 23.7 Å². The first-order chi connectivity index (χ1) is 7.47. The third-order valence-corrected chi connectivity index (χ3v) is 2.39. The summed E-state index contributed by atoms with van der Waals surface area (Å²) in [4.78, 5) is 22.3. The third kappa shape index (κ3) is 2.40. The lowest BCUT2D eigenvalue weighted by atomic mass is 10.3. The van der Waals surface area contributed by atoms with Gasteiger partial charge in [-0.15, -0.1) is 0 Å². The monoisotopic (exact) mass is 226 g/mol. The second-order valence-electron chi connectivity index (χ2n) is 3.47. The molecule has 6 nitrogen and oxygen atoms in total. The minimum Gasteiger partial charge on any atom is -0.480 e. The maximum atomic E-state index is 11.6. The van der Waals surface area contributed by atoms with Crippen LogP contribution in [0.1, 0.15) is 16.2 Å². The molecule has 1 aromatic heterocycles. The highest BCUT2D eigenvalue weighted by Crippen LogP contribution is 2.05. The molecule has 6 heteroatoms. The molecule has 0 radical (unpaired) electrons. The van der Waals surface area contributed by atoms with Crippen LogP contribution in [0, 0.1) is 6.92 Å². The Morgan fingerprint density at radius 2 is 2.12 bits per heavy atom. The number of aliphatic hydroxyl groups is 1. The maximum absolute atomic E-state index is 11.6. The zero-order valence-electron chi connectivity index (χ0n) is 9.10. The SMILES string of the molecule is Cc1ccc(C(=O)N[C@H](CO)C(=O)O)n1C. The topological polar surface area (TPSA) is 91.6 Å². The largest absolute Gasteiger partial charge is 0.480 e. The summed E-state index contributed by atoms with van der Waals surface area (Å²) in [5.74, 6) is -1.78. The molecule has 3 N–H and O–H groups in total. The molecule has 0 aliphatic carbocycles. The van der Waals surface area contributed by atoms with Gasteiger partial charge in [-0.2, -0.15) is 0 Å². The van der Waals surface area contributed by atoms with Gasteiger partial charge >= 0.3 is 5.97 Å². The number of aryl methyl sites for hydroxylation is 1. The van der Waals surface area contributed by atoms with E-state index in [1.165, 1.54) is 0 Å². The molecule has 0 aliphatic heterocycles. The standard InChI is InChI=1S/C10H14N2O4/c1-6-3-4-8(12(6)2)9(14)11-7(5-13)10(15)16/h3-4,7,13H,5H2,1-2H3,(H,11,14)(H,15,16)/t7-/m1/s1. The van der Waals surface area contributed by atoms with Crippen molar-refractivity contribution < 1.29 is 19.8 Å². The minimum atomic E-state index is -1.28. The van der Waals surface area contributed by atoms with Crippen molar-refractivity contribution in [2.75, 3.05) is 6.61 Å². The van der Waals surface area contributed by atoms with Crippen molar-refractivity contribution in [1.82, 2.24) is 9.88 Å². The highest BCUT2D eigenvalue weighted by atomic mass is 16.4. The Labute approximate surface area is 92.5 Å². The number of aliphatic carboxylic acids is 1. The first kappa shape index (κ1) is 12.3. The van der Waals surface area contributed by atoms with Crippen LogP contribution in [0.25, 0.3) is 0 Å². The van der Waals surface area contributed by atoms with Gasteiger partial charge in [0.15, 0.2) is 6.04 Å². The Kier molecular flexibility index (Phi) is 3.68. The molecule has 0 bridgehead atoms. The third-order valence-electron chi connectivity index (χ3n) is 2.39. The number of amides is 1. The van der Waals surface area contributed by atoms with Gasteiger partial charge in [0.05, 0.1) is 6.61 Å². The van der Waals surface area contributed by atoms with Crippen molar-refractivity contribution in [3.63, 3.8) is 0 Å². The fraction of sp³-hybridized carbons (Fsp3) is 0.400. The van der Waals surface area contributed by atoms with Crippen LogP contribution in [0.2, 0.25) is 0 Å². The Bertz CT molecular complexity index is 411. The molecule has 0 fully saturated rings. The average molecular weight is 226 g/mol. The average Bonchev–Trinajstić information content (AvgIpc) is 2.55.